The third-order valence-corrected chi connectivity index (χ3v) is 8.36. The highest BCUT2D eigenvalue weighted by Gasteiger charge is 2.09. The zero-order valence-corrected chi connectivity index (χ0v) is 29.6. The van der Waals surface area contributed by atoms with E-state index in [4.69, 9.17) is 4.74 Å². The molecule has 0 saturated carbocycles. The van der Waals surface area contributed by atoms with Crippen LogP contribution in [0.1, 0.15) is 206 Å². The molecule has 0 aromatic rings. The molecule has 0 aliphatic heterocycles. The molecule has 0 radical (unpaired) electrons. The van der Waals surface area contributed by atoms with Crippen molar-refractivity contribution >= 4 is 23.5 Å². The van der Waals surface area contributed by atoms with Crippen LogP contribution in [-0.2, 0) is 23.9 Å². The Kier molecular flexibility index (Phi) is 33.2. The van der Waals surface area contributed by atoms with Gasteiger partial charge in [-0.25, -0.2) is 0 Å². The number of hydrogen-bond acceptors (Lipinski definition) is 5. The molecule has 0 aromatic carbocycles. The zero-order valence-electron chi connectivity index (χ0n) is 29.6. The molecule has 0 aliphatic carbocycles. The monoisotopic (exact) mass is 631 g/mol. The second kappa shape index (κ2) is 34.8. The fraction of sp³-hybridized carbons (Fsp3) is 0.800. The Morgan fingerprint density at radius 2 is 0.556 bits per heavy atom. The van der Waals surface area contributed by atoms with Gasteiger partial charge in [-0.15, -0.1) is 0 Å². The van der Waals surface area contributed by atoms with E-state index in [2.05, 4.69) is 24.3 Å². The van der Waals surface area contributed by atoms with E-state index >= 15 is 0 Å². The first-order valence-corrected chi connectivity index (χ1v) is 18.9. The molecule has 0 aliphatic rings. The Morgan fingerprint density at radius 3 is 0.822 bits per heavy atom. The fourth-order valence-electron chi connectivity index (χ4n) is 5.51. The molecule has 0 spiro atoms. The van der Waals surface area contributed by atoms with Gasteiger partial charge in [-0.2, -0.15) is 0 Å². The van der Waals surface area contributed by atoms with E-state index in [1.165, 1.54) is 103 Å². The number of ketones is 2. The molecule has 0 atom stereocenters. The molecule has 0 rings (SSSR count). The number of Topliss-reactive ketones (excluding diaryl/α,β-unsaturated/α-hetero) is 2. The summed E-state index contributed by atoms with van der Waals surface area (Å²) in [5, 5.41) is 0. The number of carbonyl (C=O) groups is 4. The Balaban J connectivity index is 3.37. The lowest BCUT2D eigenvalue weighted by Crippen LogP contribution is -2.11. The average Bonchev–Trinajstić information content (AvgIpc) is 2.99. The molecule has 0 amide bonds. The molecular formula is C40H70O5. The molecule has 0 saturated heterocycles. The molecule has 0 heterocycles. The predicted molar refractivity (Wildman–Crippen MR) is 189 cm³/mol. The van der Waals surface area contributed by atoms with Gasteiger partial charge in [-0.1, -0.05) is 114 Å². The van der Waals surface area contributed by atoms with Crippen LogP contribution < -0.4 is 0 Å². The van der Waals surface area contributed by atoms with Crippen molar-refractivity contribution in [3.8, 4) is 0 Å². The third-order valence-electron chi connectivity index (χ3n) is 8.36. The Hall–Kier alpha value is -2.04. The standard InChI is InChI=1S/C40H70O5/c1-37(41)33-29-25-21-17-13-9-5-3-7-11-15-19-23-27-31-35-39(43)45-40(44)36-32-28-24-20-16-12-8-4-6-10-14-18-22-26-30-34-38(2)42/h3-4,7-8H,5-6,9-36H2,1-2H3/b7-3-,8-4-. The number of allylic oxidation sites excluding steroid dienone is 4. The van der Waals surface area contributed by atoms with Gasteiger partial charge < -0.3 is 14.3 Å². The van der Waals surface area contributed by atoms with Gasteiger partial charge in [0, 0.05) is 25.7 Å². The summed E-state index contributed by atoms with van der Waals surface area (Å²) in [4.78, 5) is 45.7. The topological polar surface area (TPSA) is 77.5 Å². The zero-order chi connectivity index (χ0) is 33.1. The van der Waals surface area contributed by atoms with Crippen molar-refractivity contribution in [1.82, 2.24) is 0 Å². The lowest BCUT2D eigenvalue weighted by molar-refractivity contribution is -0.159. The summed E-state index contributed by atoms with van der Waals surface area (Å²) < 4.78 is 5.00. The Morgan fingerprint density at radius 1 is 0.333 bits per heavy atom. The van der Waals surface area contributed by atoms with Crippen molar-refractivity contribution in [2.45, 2.75) is 206 Å². The summed E-state index contributed by atoms with van der Waals surface area (Å²) >= 11 is 0. The van der Waals surface area contributed by atoms with Crippen LogP contribution in [0, 0.1) is 0 Å². The molecule has 5 nitrogen and oxygen atoms in total. The quantitative estimate of drug-likeness (QED) is 0.0306. The summed E-state index contributed by atoms with van der Waals surface area (Å²) in [5.74, 6) is -0.112. The SMILES string of the molecule is CC(=O)CCCCCCCC/C=C\CCCCCCCC(=O)OC(=O)CCCCCCC/C=C\CCCCCCCCC(C)=O. The minimum atomic E-state index is -0.365. The summed E-state index contributed by atoms with van der Waals surface area (Å²) in [7, 11) is 0. The van der Waals surface area contributed by atoms with Crippen molar-refractivity contribution < 1.29 is 23.9 Å². The third kappa shape index (κ3) is 38.1. The highest BCUT2D eigenvalue weighted by molar-refractivity contribution is 5.85. The van der Waals surface area contributed by atoms with Gasteiger partial charge >= 0.3 is 11.9 Å². The maximum atomic E-state index is 11.9. The second-order valence-corrected chi connectivity index (χ2v) is 13.1. The van der Waals surface area contributed by atoms with Crippen LogP contribution in [-0.4, -0.2) is 23.5 Å². The van der Waals surface area contributed by atoms with E-state index in [0.29, 0.717) is 24.4 Å². The highest BCUT2D eigenvalue weighted by Crippen LogP contribution is 2.13. The first-order valence-electron chi connectivity index (χ1n) is 18.9. The van der Waals surface area contributed by atoms with Gasteiger partial charge in [-0.05, 0) is 90.9 Å². The highest BCUT2D eigenvalue weighted by atomic mass is 16.6. The molecule has 0 fully saturated rings. The number of esters is 2. The number of carbonyl (C=O) groups excluding carboxylic acids is 4. The normalized spacial score (nSPS) is 11.5. The van der Waals surface area contributed by atoms with Crippen molar-refractivity contribution in [2.75, 3.05) is 0 Å². The first kappa shape index (κ1) is 43.0. The van der Waals surface area contributed by atoms with Crippen molar-refractivity contribution in [1.29, 1.82) is 0 Å². The van der Waals surface area contributed by atoms with Gasteiger partial charge in [0.2, 0.25) is 0 Å². The lowest BCUT2D eigenvalue weighted by atomic mass is 10.1. The van der Waals surface area contributed by atoms with Crippen LogP contribution >= 0.6 is 0 Å². The minimum absolute atomic E-state index is 0.309. The predicted octanol–water partition coefficient (Wildman–Crippen LogP) is 12.0. The van der Waals surface area contributed by atoms with Crippen LogP contribution in [0.2, 0.25) is 0 Å². The maximum absolute atomic E-state index is 11.9. The van der Waals surface area contributed by atoms with Crippen molar-refractivity contribution in [3.05, 3.63) is 24.3 Å². The van der Waals surface area contributed by atoms with E-state index in [0.717, 1.165) is 77.0 Å². The number of rotatable bonds is 34. The Bertz CT molecular complexity index is 718. The molecule has 0 bridgehead atoms. The Labute approximate surface area is 277 Å². The van der Waals surface area contributed by atoms with E-state index in [1.807, 2.05) is 0 Å². The van der Waals surface area contributed by atoms with E-state index in [-0.39, 0.29) is 11.9 Å². The number of unbranched alkanes of at least 4 members (excludes halogenated alkanes) is 22. The summed E-state index contributed by atoms with van der Waals surface area (Å²) in [6.07, 6.45) is 41.2. The van der Waals surface area contributed by atoms with Gasteiger partial charge in [0.05, 0.1) is 0 Å². The van der Waals surface area contributed by atoms with Gasteiger partial charge in [0.15, 0.2) is 0 Å². The summed E-state index contributed by atoms with van der Waals surface area (Å²) in [6.45, 7) is 3.35. The van der Waals surface area contributed by atoms with Gasteiger partial charge in [0.25, 0.3) is 0 Å². The molecule has 0 unspecified atom stereocenters. The van der Waals surface area contributed by atoms with Crippen LogP contribution in [0.25, 0.3) is 0 Å². The van der Waals surface area contributed by atoms with Gasteiger partial charge in [-0.3, -0.25) is 9.59 Å². The number of hydrogen-bond donors (Lipinski definition) is 0. The molecular weight excluding hydrogens is 560 g/mol. The molecule has 0 N–H and O–H groups in total. The molecule has 260 valence electrons. The van der Waals surface area contributed by atoms with Crippen LogP contribution in [0.15, 0.2) is 24.3 Å². The van der Waals surface area contributed by atoms with Crippen LogP contribution in [0.4, 0.5) is 0 Å². The minimum Gasteiger partial charge on any atom is -0.393 e. The molecule has 45 heavy (non-hydrogen) atoms. The largest absolute Gasteiger partial charge is 0.393 e. The van der Waals surface area contributed by atoms with Crippen LogP contribution in [0.5, 0.6) is 0 Å². The first-order chi connectivity index (χ1) is 21.9. The average molecular weight is 631 g/mol. The lowest BCUT2D eigenvalue weighted by Gasteiger charge is -2.04. The van der Waals surface area contributed by atoms with Gasteiger partial charge in [0.1, 0.15) is 11.6 Å². The smallest absolute Gasteiger partial charge is 0.313 e. The van der Waals surface area contributed by atoms with E-state index in [9.17, 15) is 19.2 Å². The molecule has 0 aromatic heterocycles. The van der Waals surface area contributed by atoms with E-state index < -0.39 is 0 Å². The fourth-order valence-corrected chi connectivity index (χ4v) is 5.51. The summed E-state index contributed by atoms with van der Waals surface area (Å²) in [5.41, 5.74) is 0. The maximum Gasteiger partial charge on any atom is 0.313 e. The number of ether oxygens (including phenoxy) is 1. The second-order valence-electron chi connectivity index (χ2n) is 13.1. The van der Waals surface area contributed by atoms with Crippen LogP contribution in [0.3, 0.4) is 0 Å². The molecule has 5 heteroatoms. The van der Waals surface area contributed by atoms with Crippen molar-refractivity contribution in [2.24, 2.45) is 0 Å². The van der Waals surface area contributed by atoms with E-state index in [1.54, 1.807) is 13.8 Å². The summed E-state index contributed by atoms with van der Waals surface area (Å²) in [6, 6.07) is 0. The van der Waals surface area contributed by atoms with Crippen molar-refractivity contribution in [3.63, 3.8) is 0 Å².